The summed E-state index contributed by atoms with van der Waals surface area (Å²) in [5, 5.41) is 11.8. The number of likely N-dealkylation sites (tertiary alicyclic amines) is 1. The van der Waals surface area contributed by atoms with Crippen LogP contribution in [0, 0.1) is 11.8 Å². The van der Waals surface area contributed by atoms with E-state index in [0.29, 0.717) is 13.0 Å². The van der Waals surface area contributed by atoms with Gasteiger partial charge in [-0.15, -0.1) is 0 Å². The molecule has 2 amide bonds. The van der Waals surface area contributed by atoms with E-state index < -0.39 is 17.9 Å². The average molecular weight is 333 g/mol. The number of hydrogen-bond acceptors (Lipinski definition) is 4. The number of carbonyl (C=O) groups is 3. The summed E-state index contributed by atoms with van der Waals surface area (Å²) >= 11 is 0. The van der Waals surface area contributed by atoms with Crippen molar-refractivity contribution in [3.8, 4) is 0 Å². The Morgan fingerprint density at radius 3 is 2.75 bits per heavy atom. The Balaban J connectivity index is 1.94. The highest BCUT2D eigenvalue weighted by Gasteiger charge is 2.36. The molecule has 0 radical (unpaired) electrons. The molecule has 2 rings (SSSR count). The third-order valence-electron chi connectivity index (χ3n) is 3.99. The molecule has 2 atom stereocenters. The van der Waals surface area contributed by atoms with E-state index in [1.54, 1.807) is 17.2 Å². The predicted octanol–water partition coefficient (Wildman–Crippen LogP) is 1.05. The summed E-state index contributed by atoms with van der Waals surface area (Å²) in [5.41, 5.74) is 0.759. The SMILES string of the molecule is CC(C)C[C@H](NC(=O)[C@H]1CC(=O)N(Cc2ccccn2)C1)C(=O)O. The number of nitrogens with zero attached hydrogens (tertiary/aromatic N) is 2. The van der Waals surface area contributed by atoms with E-state index in [2.05, 4.69) is 10.3 Å². The van der Waals surface area contributed by atoms with E-state index >= 15 is 0 Å². The van der Waals surface area contributed by atoms with Crippen molar-refractivity contribution >= 4 is 17.8 Å². The van der Waals surface area contributed by atoms with Crippen molar-refractivity contribution in [3.63, 3.8) is 0 Å². The minimum atomic E-state index is -1.05. The zero-order valence-corrected chi connectivity index (χ0v) is 13.9. The Hall–Kier alpha value is -2.44. The lowest BCUT2D eigenvalue weighted by molar-refractivity contribution is -0.142. The summed E-state index contributed by atoms with van der Waals surface area (Å²) in [6.07, 6.45) is 2.12. The zero-order chi connectivity index (χ0) is 17.7. The fourth-order valence-electron chi connectivity index (χ4n) is 2.77. The van der Waals surface area contributed by atoms with Crippen molar-refractivity contribution in [2.45, 2.75) is 39.3 Å². The Morgan fingerprint density at radius 2 is 2.17 bits per heavy atom. The number of carbonyl (C=O) groups excluding carboxylic acids is 2. The minimum absolute atomic E-state index is 0.104. The van der Waals surface area contributed by atoms with E-state index in [4.69, 9.17) is 0 Å². The molecule has 0 unspecified atom stereocenters. The lowest BCUT2D eigenvalue weighted by Gasteiger charge is -2.19. The van der Waals surface area contributed by atoms with Gasteiger partial charge in [0.15, 0.2) is 0 Å². The molecule has 0 spiro atoms. The highest BCUT2D eigenvalue weighted by atomic mass is 16.4. The smallest absolute Gasteiger partial charge is 0.326 e. The molecule has 2 N–H and O–H groups in total. The van der Waals surface area contributed by atoms with Gasteiger partial charge in [0.1, 0.15) is 6.04 Å². The molecule has 1 fully saturated rings. The van der Waals surface area contributed by atoms with Crippen LogP contribution in [0.1, 0.15) is 32.4 Å². The number of carboxylic acids is 1. The number of aromatic nitrogens is 1. The zero-order valence-electron chi connectivity index (χ0n) is 13.9. The summed E-state index contributed by atoms with van der Waals surface area (Å²) in [4.78, 5) is 41.4. The third kappa shape index (κ3) is 4.78. The van der Waals surface area contributed by atoms with E-state index in [0.717, 1.165) is 5.69 Å². The summed E-state index contributed by atoms with van der Waals surface area (Å²) in [7, 11) is 0. The fraction of sp³-hybridized carbons (Fsp3) is 0.529. The Kier molecular flexibility index (Phi) is 5.89. The first-order valence-electron chi connectivity index (χ1n) is 8.07. The molecule has 24 heavy (non-hydrogen) atoms. The van der Waals surface area contributed by atoms with Gasteiger partial charge in [-0.05, 0) is 24.5 Å². The maximum absolute atomic E-state index is 12.3. The minimum Gasteiger partial charge on any atom is -0.480 e. The second-order valence-electron chi connectivity index (χ2n) is 6.53. The lowest BCUT2D eigenvalue weighted by atomic mass is 10.0. The maximum Gasteiger partial charge on any atom is 0.326 e. The van der Waals surface area contributed by atoms with Gasteiger partial charge in [0.05, 0.1) is 18.2 Å². The highest BCUT2D eigenvalue weighted by Crippen LogP contribution is 2.20. The molecule has 0 bridgehead atoms. The summed E-state index contributed by atoms with van der Waals surface area (Å²) in [6.45, 7) is 4.44. The second kappa shape index (κ2) is 7.90. The number of carboxylic acid groups (broad SMARTS) is 1. The van der Waals surface area contributed by atoms with Crippen molar-refractivity contribution in [2.75, 3.05) is 6.54 Å². The standard InChI is InChI=1S/C17H23N3O4/c1-11(2)7-14(17(23)24)19-16(22)12-8-15(21)20(9-12)10-13-5-3-4-6-18-13/h3-6,11-12,14H,7-10H2,1-2H3,(H,19,22)(H,23,24)/t12-,14-/m0/s1. The van der Waals surface area contributed by atoms with Crippen molar-refractivity contribution in [1.29, 1.82) is 0 Å². The van der Waals surface area contributed by atoms with Crippen LogP contribution in [0.3, 0.4) is 0 Å². The molecule has 1 aromatic heterocycles. The Bertz CT molecular complexity index is 603. The van der Waals surface area contributed by atoms with Crippen molar-refractivity contribution in [1.82, 2.24) is 15.2 Å². The number of hydrogen-bond donors (Lipinski definition) is 2. The van der Waals surface area contributed by atoms with Gasteiger partial charge in [-0.25, -0.2) is 4.79 Å². The highest BCUT2D eigenvalue weighted by molar-refractivity contribution is 5.91. The molecular weight excluding hydrogens is 310 g/mol. The van der Waals surface area contributed by atoms with Gasteiger partial charge < -0.3 is 15.3 Å². The first-order valence-corrected chi connectivity index (χ1v) is 8.07. The second-order valence-corrected chi connectivity index (χ2v) is 6.53. The summed E-state index contributed by atoms with van der Waals surface area (Å²) in [5.74, 6) is -1.91. The van der Waals surface area contributed by atoms with E-state index in [1.807, 2.05) is 26.0 Å². The summed E-state index contributed by atoms with van der Waals surface area (Å²) in [6, 6.07) is 4.55. The number of nitrogens with one attached hydrogen (secondary N) is 1. The van der Waals surface area contributed by atoms with Gasteiger partial charge in [0.2, 0.25) is 11.8 Å². The lowest BCUT2D eigenvalue weighted by Crippen LogP contribution is -2.44. The number of aliphatic carboxylic acids is 1. The van der Waals surface area contributed by atoms with Crippen LogP contribution in [-0.4, -0.2) is 45.4 Å². The van der Waals surface area contributed by atoms with Gasteiger partial charge >= 0.3 is 5.97 Å². The molecule has 2 heterocycles. The van der Waals surface area contributed by atoms with Gasteiger partial charge in [-0.3, -0.25) is 14.6 Å². The van der Waals surface area contributed by atoms with Crippen LogP contribution >= 0.6 is 0 Å². The van der Waals surface area contributed by atoms with Gasteiger partial charge in [0, 0.05) is 19.2 Å². The van der Waals surface area contributed by atoms with Crippen LogP contribution < -0.4 is 5.32 Å². The van der Waals surface area contributed by atoms with E-state index in [-0.39, 0.29) is 30.7 Å². The molecule has 7 nitrogen and oxygen atoms in total. The molecular formula is C17H23N3O4. The quantitative estimate of drug-likeness (QED) is 0.777. The number of pyridine rings is 1. The van der Waals surface area contributed by atoms with E-state index in [1.165, 1.54) is 0 Å². The maximum atomic E-state index is 12.3. The number of rotatable bonds is 7. The van der Waals surface area contributed by atoms with Gasteiger partial charge in [-0.2, -0.15) is 0 Å². The predicted molar refractivity (Wildman–Crippen MR) is 86.8 cm³/mol. The monoisotopic (exact) mass is 333 g/mol. The molecule has 1 saturated heterocycles. The van der Waals surface area contributed by atoms with Crippen LogP contribution in [0.4, 0.5) is 0 Å². The molecule has 0 saturated carbocycles. The largest absolute Gasteiger partial charge is 0.480 e. The van der Waals surface area contributed by atoms with Crippen molar-refractivity contribution in [3.05, 3.63) is 30.1 Å². The molecule has 1 aliphatic heterocycles. The Morgan fingerprint density at radius 1 is 1.42 bits per heavy atom. The molecule has 130 valence electrons. The summed E-state index contributed by atoms with van der Waals surface area (Å²) < 4.78 is 0. The first kappa shape index (κ1) is 17.9. The van der Waals surface area contributed by atoms with E-state index in [9.17, 15) is 19.5 Å². The molecule has 7 heteroatoms. The average Bonchev–Trinajstić information content (AvgIpc) is 2.88. The molecule has 1 aliphatic rings. The normalized spacial score (nSPS) is 18.7. The molecule has 1 aromatic rings. The van der Waals surface area contributed by atoms with Gasteiger partial charge in [-0.1, -0.05) is 19.9 Å². The molecule has 0 aliphatic carbocycles. The molecule has 0 aromatic carbocycles. The Labute approximate surface area is 141 Å². The van der Waals surface area contributed by atoms with Crippen molar-refractivity contribution < 1.29 is 19.5 Å². The third-order valence-corrected chi connectivity index (χ3v) is 3.99. The van der Waals surface area contributed by atoms with Crippen LogP contribution in [0.5, 0.6) is 0 Å². The van der Waals surface area contributed by atoms with Crippen molar-refractivity contribution in [2.24, 2.45) is 11.8 Å². The number of amides is 2. The van der Waals surface area contributed by atoms with Crippen LogP contribution in [0.2, 0.25) is 0 Å². The van der Waals surface area contributed by atoms with Crippen LogP contribution in [0.15, 0.2) is 24.4 Å². The topological polar surface area (TPSA) is 99.6 Å². The fourth-order valence-corrected chi connectivity index (χ4v) is 2.77. The van der Waals surface area contributed by atoms with Gasteiger partial charge in [0.25, 0.3) is 0 Å². The van der Waals surface area contributed by atoms with Crippen LogP contribution in [0.25, 0.3) is 0 Å². The first-order chi connectivity index (χ1) is 11.4. The van der Waals surface area contributed by atoms with Crippen LogP contribution in [-0.2, 0) is 20.9 Å².